The molecule has 0 aliphatic carbocycles. The molecule has 3 rings (SSSR count). The lowest BCUT2D eigenvalue weighted by Gasteiger charge is -2.29. The molecule has 0 radical (unpaired) electrons. The van der Waals surface area contributed by atoms with E-state index in [1.807, 2.05) is 0 Å². The van der Waals surface area contributed by atoms with Gasteiger partial charge in [-0.05, 0) is 61.8 Å². The Kier molecular flexibility index (Phi) is 11.9. The molecule has 8 heteroatoms. The average molecular weight is 561 g/mol. The van der Waals surface area contributed by atoms with Gasteiger partial charge in [-0.3, -0.25) is 9.89 Å². The van der Waals surface area contributed by atoms with Crippen LogP contribution in [0.5, 0.6) is 11.5 Å². The Morgan fingerprint density at radius 3 is 2.53 bits per heavy atom. The van der Waals surface area contributed by atoms with Crippen molar-refractivity contribution in [2.45, 2.75) is 39.2 Å². The lowest BCUT2D eigenvalue weighted by Crippen LogP contribution is -2.41. The third-order valence-corrected chi connectivity index (χ3v) is 6.38. The van der Waals surface area contributed by atoms with E-state index >= 15 is 0 Å². The van der Waals surface area contributed by atoms with Crippen LogP contribution in [0.25, 0.3) is 0 Å². The van der Waals surface area contributed by atoms with E-state index in [-0.39, 0.29) is 24.0 Å². The monoisotopic (exact) mass is 560 g/mol. The van der Waals surface area contributed by atoms with Gasteiger partial charge in [-0.25, -0.2) is 0 Å². The summed E-state index contributed by atoms with van der Waals surface area (Å²) in [6.07, 6.45) is 4.62. The largest absolute Gasteiger partial charge is 0.493 e. The van der Waals surface area contributed by atoms with Crippen molar-refractivity contribution in [2.24, 2.45) is 10.9 Å². The van der Waals surface area contributed by atoms with E-state index < -0.39 is 0 Å². The first-order valence-corrected chi connectivity index (χ1v) is 11.7. The maximum absolute atomic E-state index is 5.48. The smallest absolute Gasteiger partial charge is 0.193 e. The van der Waals surface area contributed by atoms with Crippen LogP contribution in [-0.4, -0.2) is 83.0 Å². The van der Waals surface area contributed by atoms with Gasteiger partial charge < -0.3 is 24.4 Å². The van der Waals surface area contributed by atoms with E-state index in [2.05, 4.69) is 41.2 Å². The number of fused-ring (bicyclic) bond motifs is 1. The topological polar surface area (TPSA) is 58.6 Å². The summed E-state index contributed by atoms with van der Waals surface area (Å²) in [5.74, 6) is 3.42. The minimum absolute atomic E-state index is 0. The number of nitrogens with zero attached hydrogens (tertiary/aromatic N) is 3. The Balaban J connectivity index is 0.00000363. The first kappa shape index (κ1) is 27.0. The van der Waals surface area contributed by atoms with E-state index in [4.69, 9.17) is 19.2 Å². The molecule has 0 spiro atoms. The molecule has 0 atom stereocenters. The number of rotatable bonds is 9. The van der Waals surface area contributed by atoms with Crippen molar-refractivity contribution in [3.05, 3.63) is 23.3 Å². The molecule has 0 bridgehead atoms. The van der Waals surface area contributed by atoms with Crippen molar-refractivity contribution in [2.75, 3.05) is 67.2 Å². The number of ether oxygens (including phenoxy) is 3. The standard InChI is InChI=1S/C24H40N4O3.HI/c1-5-25-24(27(2)11-6-19-8-14-31-15-9-19)26-10-13-28-12-7-20-16-22(29-3)23(30-4)17-21(20)18-28;/h16-17,19H,5-15,18H2,1-4H3,(H,25,26);1H. The van der Waals surface area contributed by atoms with Crippen molar-refractivity contribution in [3.63, 3.8) is 0 Å². The van der Waals surface area contributed by atoms with Gasteiger partial charge in [-0.2, -0.15) is 0 Å². The fourth-order valence-corrected chi connectivity index (χ4v) is 4.42. The Labute approximate surface area is 210 Å². The number of guanidine groups is 1. The van der Waals surface area contributed by atoms with E-state index in [0.717, 1.165) is 82.3 Å². The third-order valence-electron chi connectivity index (χ3n) is 6.38. The van der Waals surface area contributed by atoms with Crippen molar-refractivity contribution in [1.82, 2.24) is 15.1 Å². The Morgan fingerprint density at radius 2 is 1.88 bits per heavy atom. The Bertz CT molecular complexity index is 725. The summed E-state index contributed by atoms with van der Waals surface area (Å²) in [5, 5.41) is 3.45. The van der Waals surface area contributed by atoms with Crippen LogP contribution in [0.15, 0.2) is 17.1 Å². The summed E-state index contributed by atoms with van der Waals surface area (Å²) < 4.78 is 16.4. The molecule has 1 aromatic rings. The lowest BCUT2D eigenvalue weighted by atomic mass is 9.96. The molecule has 0 unspecified atom stereocenters. The predicted octanol–water partition coefficient (Wildman–Crippen LogP) is 3.39. The number of hydrogen-bond donors (Lipinski definition) is 1. The van der Waals surface area contributed by atoms with Gasteiger partial charge in [0, 0.05) is 53.0 Å². The highest BCUT2D eigenvalue weighted by Crippen LogP contribution is 2.33. The molecule has 1 N–H and O–H groups in total. The van der Waals surface area contributed by atoms with Gasteiger partial charge in [-0.1, -0.05) is 0 Å². The molecule has 182 valence electrons. The van der Waals surface area contributed by atoms with E-state index in [1.165, 1.54) is 30.4 Å². The quantitative estimate of drug-likeness (QED) is 0.284. The molecule has 0 saturated carbocycles. The number of benzene rings is 1. The Morgan fingerprint density at radius 1 is 1.19 bits per heavy atom. The molecule has 2 heterocycles. The van der Waals surface area contributed by atoms with Crippen LogP contribution >= 0.6 is 24.0 Å². The maximum Gasteiger partial charge on any atom is 0.193 e. The highest BCUT2D eigenvalue weighted by atomic mass is 127. The molecule has 0 aromatic heterocycles. The zero-order chi connectivity index (χ0) is 22.1. The van der Waals surface area contributed by atoms with E-state index in [0.29, 0.717) is 0 Å². The molecule has 2 aliphatic rings. The average Bonchev–Trinajstić information content (AvgIpc) is 2.81. The van der Waals surface area contributed by atoms with Crippen LogP contribution in [-0.2, 0) is 17.7 Å². The third kappa shape index (κ3) is 7.66. The van der Waals surface area contributed by atoms with Gasteiger partial charge >= 0.3 is 0 Å². The summed E-state index contributed by atoms with van der Waals surface area (Å²) in [5.41, 5.74) is 2.69. The van der Waals surface area contributed by atoms with Crippen LogP contribution < -0.4 is 14.8 Å². The highest BCUT2D eigenvalue weighted by Gasteiger charge is 2.19. The second-order valence-corrected chi connectivity index (χ2v) is 8.50. The molecule has 1 saturated heterocycles. The zero-order valence-corrected chi connectivity index (χ0v) is 22.5. The van der Waals surface area contributed by atoms with E-state index in [1.54, 1.807) is 14.2 Å². The van der Waals surface area contributed by atoms with Gasteiger partial charge in [0.15, 0.2) is 17.5 Å². The van der Waals surface area contributed by atoms with Gasteiger partial charge in [0.25, 0.3) is 0 Å². The summed E-state index contributed by atoms with van der Waals surface area (Å²) in [4.78, 5) is 9.66. The molecule has 7 nitrogen and oxygen atoms in total. The molecule has 32 heavy (non-hydrogen) atoms. The van der Waals surface area contributed by atoms with Crippen LogP contribution in [0.3, 0.4) is 0 Å². The maximum atomic E-state index is 5.48. The fraction of sp³-hybridized carbons (Fsp3) is 0.708. The second-order valence-electron chi connectivity index (χ2n) is 8.50. The fourth-order valence-electron chi connectivity index (χ4n) is 4.42. The molecular weight excluding hydrogens is 519 g/mol. The number of aliphatic imine (C=N–C) groups is 1. The SMILES string of the molecule is CCNC(=NCCN1CCc2cc(OC)c(OC)cc2C1)N(C)CCC1CCOCC1.I. The zero-order valence-electron chi connectivity index (χ0n) is 20.2. The summed E-state index contributed by atoms with van der Waals surface area (Å²) in [7, 11) is 5.54. The highest BCUT2D eigenvalue weighted by molar-refractivity contribution is 14.0. The lowest BCUT2D eigenvalue weighted by molar-refractivity contribution is 0.0625. The summed E-state index contributed by atoms with van der Waals surface area (Å²) in [6.45, 7) is 9.62. The van der Waals surface area contributed by atoms with Crippen LogP contribution in [0.1, 0.15) is 37.3 Å². The van der Waals surface area contributed by atoms with Crippen LogP contribution in [0.2, 0.25) is 0 Å². The second kappa shape index (κ2) is 14.1. The predicted molar refractivity (Wildman–Crippen MR) is 141 cm³/mol. The summed E-state index contributed by atoms with van der Waals surface area (Å²) in [6, 6.07) is 4.25. The number of nitrogens with one attached hydrogen (secondary N) is 1. The van der Waals surface area contributed by atoms with Crippen molar-refractivity contribution in [1.29, 1.82) is 0 Å². The van der Waals surface area contributed by atoms with Crippen LogP contribution in [0, 0.1) is 5.92 Å². The van der Waals surface area contributed by atoms with Gasteiger partial charge in [0.05, 0.1) is 20.8 Å². The van der Waals surface area contributed by atoms with Crippen molar-refractivity contribution >= 4 is 29.9 Å². The van der Waals surface area contributed by atoms with E-state index in [9.17, 15) is 0 Å². The molecule has 0 amide bonds. The van der Waals surface area contributed by atoms with Gasteiger partial charge in [-0.15, -0.1) is 24.0 Å². The Hall–Kier alpha value is -1.26. The first-order valence-electron chi connectivity index (χ1n) is 11.7. The molecule has 2 aliphatic heterocycles. The summed E-state index contributed by atoms with van der Waals surface area (Å²) >= 11 is 0. The van der Waals surface area contributed by atoms with Gasteiger partial charge in [0.2, 0.25) is 0 Å². The number of hydrogen-bond acceptors (Lipinski definition) is 5. The normalized spacial score (nSPS) is 17.3. The van der Waals surface area contributed by atoms with Crippen molar-refractivity contribution < 1.29 is 14.2 Å². The van der Waals surface area contributed by atoms with Crippen molar-refractivity contribution in [3.8, 4) is 11.5 Å². The first-order chi connectivity index (χ1) is 15.1. The number of halogens is 1. The molecule has 1 fully saturated rings. The molecular formula is C24H41IN4O3. The van der Waals surface area contributed by atoms with Gasteiger partial charge in [0.1, 0.15) is 0 Å². The minimum Gasteiger partial charge on any atom is -0.493 e. The number of methoxy groups -OCH3 is 2. The minimum atomic E-state index is 0. The van der Waals surface area contributed by atoms with Crippen LogP contribution in [0.4, 0.5) is 0 Å². The molecule has 1 aromatic carbocycles.